The average Bonchev–Trinajstić information content (AvgIpc) is 1.85. The number of carbonyl (C=O) groups is 1. The van der Waals surface area contributed by atoms with E-state index >= 15 is 0 Å². The molecule has 0 aromatic heterocycles. The number of alkyl halides is 3. The number of rotatable bonds is 3. The topological polar surface area (TPSA) is 29.1 Å². The second kappa shape index (κ2) is 4.13. The SMILES string of the molecule is CCN/C(C)=C\C(=O)C(F)(F)F. The second-order valence-corrected chi connectivity index (χ2v) is 2.22. The third-order valence-electron chi connectivity index (χ3n) is 1.08. The minimum absolute atomic E-state index is 0.222. The molecule has 0 saturated carbocycles. The van der Waals surface area contributed by atoms with Crippen LogP contribution in [0, 0.1) is 0 Å². The molecule has 0 atom stereocenters. The summed E-state index contributed by atoms with van der Waals surface area (Å²) in [5.41, 5.74) is 0.222. The Labute approximate surface area is 68.4 Å². The van der Waals surface area contributed by atoms with Gasteiger partial charge in [0.15, 0.2) is 0 Å². The van der Waals surface area contributed by atoms with Crippen molar-refractivity contribution >= 4 is 5.78 Å². The quantitative estimate of drug-likeness (QED) is 0.670. The van der Waals surface area contributed by atoms with Gasteiger partial charge in [-0.15, -0.1) is 0 Å². The van der Waals surface area contributed by atoms with Crippen LogP contribution in [0.25, 0.3) is 0 Å². The molecular formula is C7H10F3NO. The zero-order chi connectivity index (χ0) is 9.78. The van der Waals surface area contributed by atoms with Crippen molar-refractivity contribution in [2.75, 3.05) is 6.54 Å². The molecule has 5 heteroatoms. The minimum atomic E-state index is -4.77. The first-order valence-electron chi connectivity index (χ1n) is 3.41. The molecule has 0 aliphatic carbocycles. The van der Waals surface area contributed by atoms with Gasteiger partial charge in [-0.2, -0.15) is 13.2 Å². The summed E-state index contributed by atoms with van der Waals surface area (Å²) in [5, 5.41) is 2.59. The van der Waals surface area contributed by atoms with Gasteiger partial charge in [-0.3, -0.25) is 4.79 Å². The molecule has 0 aliphatic rings. The Morgan fingerprint density at radius 1 is 1.50 bits per heavy atom. The van der Waals surface area contributed by atoms with Crippen LogP contribution in [0.2, 0.25) is 0 Å². The van der Waals surface area contributed by atoms with Gasteiger partial charge >= 0.3 is 6.18 Å². The van der Waals surface area contributed by atoms with Crippen LogP contribution in [-0.2, 0) is 4.79 Å². The van der Waals surface area contributed by atoms with Gasteiger partial charge in [-0.05, 0) is 13.8 Å². The van der Waals surface area contributed by atoms with Crippen LogP contribution < -0.4 is 5.32 Å². The number of hydrogen-bond donors (Lipinski definition) is 1. The van der Waals surface area contributed by atoms with Crippen LogP contribution in [0.15, 0.2) is 11.8 Å². The summed E-state index contributed by atoms with van der Waals surface area (Å²) in [6.45, 7) is 3.63. The van der Waals surface area contributed by atoms with Crippen molar-refractivity contribution in [1.82, 2.24) is 5.32 Å². The first kappa shape index (κ1) is 11.0. The highest BCUT2D eigenvalue weighted by atomic mass is 19.4. The van der Waals surface area contributed by atoms with Crippen molar-refractivity contribution in [3.05, 3.63) is 11.8 Å². The summed E-state index contributed by atoms with van der Waals surface area (Å²) in [5.74, 6) is -1.83. The van der Waals surface area contributed by atoms with Gasteiger partial charge in [0.1, 0.15) is 0 Å². The largest absolute Gasteiger partial charge is 0.454 e. The van der Waals surface area contributed by atoms with Crippen molar-refractivity contribution in [3.63, 3.8) is 0 Å². The Morgan fingerprint density at radius 2 is 2.00 bits per heavy atom. The maximum absolute atomic E-state index is 11.6. The standard InChI is InChI=1S/C7H10F3NO/c1-3-11-5(2)4-6(12)7(8,9)10/h4,11H,3H2,1-2H3/b5-4-. The van der Waals surface area contributed by atoms with Crippen LogP contribution in [0.3, 0.4) is 0 Å². The first-order valence-corrected chi connectivity index (χ1v) is 3.41. The number of hydrogen-bond acceptors (Lipinski definition) is 2. The number of allylic oxidation sites excluding steroid dienone is 2. The van der Waals surface area contributed by atoms with Gasteiger partial charge in [0.2, 0.25) is 0 Å². The normalized spacial score (nSPS) is 12.9. The van der Waals surface area contributed by atoms with Crippen LogP contribution in [0.4, 0.5) is 13.2 Å². The maximum atomic E-state index is 11.6. The van der Waals surface area contributed by atoms with Gasteiger partial charge in [0.05, 0.1) is 0 Å². The molecule has 1 N–H and O–H groups in total. The van der Waals surface area contributed by atoms with Crippen molar-refractivity contribution in [1.29, 1.82) is 0 Å². The number of carbonyl (C=O) groups excluding carboxylic acids is 1. The van der Waals surface area contributed by atoms with Crippen molar-refractivity contribution in [3.8, 4) is 0 Å². The Bertz CT molecular complexity index is 195. The Hall–Kier alpha value is -1.00. The predicted molar refractivity (Wildman–Crippen MR) is 38.5 cm³/mol. The minimum Gasteiger partial charge on any atom is -0.389 e. The van der Waals surface area contributed by atoms with E-state index in [1.54, 1.807) is 6.92 Å². The Morgan fingerprint density at radius 3 is 2.33 bits per heavy atom. The van der Waals surface area contributed by atoms with Gasteiger partial charge in [0.25, 0.3) is 5.78 Å². The average molecular weight is 181 g/mol. The highest BCUT2D eigenvalue weighted by Crippen LogP contribution is 2.16. The van der Waals surface area contributed by atoms with Crippen molar-refractivity contribution < 1.29 is 18.0 Å². The van der Waals surface area contributed by atoms with Crippen LogP contribution >= 0.6 is 0 Å². The summed E-state index contributed by atoms with van der Waals surface area (Å²) >= 11 is 0. The van der Waals surface area contributed by atoms with E-state index < -0.39 is 12.0 Å². The fourth-order valence-electron chi connectivity index (χ4n) is 0.608. The second-order valence-electron chi connectivity index (χ2n) is 2.22. The molecule has 0 fully saturated rings. The lowest BCUT2D eigenvalue weighted by molar-refractivity contribution is -0.165. The smallest absolute Gasteiger partial charge is 0.389 e. The first-order chi connectivity index (χ1) is 5.38. The van der Waals surface area contributed by atoms with Gasteiger partial charge in [0, 0.05) is 18.3 Å². The molecule has 2 nitrogen and oxygen atoms in total. The summed E-state index contributed by atoms with van der Waals surface area (Å²) in [6.07, 6.45) is -4.22. The zero-order valence-electron chi connectivity index (χ0n) is 6.83. The third kappa shape index (κ3) is 4.00. The zero-order valence-corrected chi connectivity index (χ0v) is 6.83. The molecule has 0 radical (unpaired) electrons. The summed E-state index contributed by atoms with van der Waals surface area (Å²) in [4.78, 5) is 10.3. The molecule has 0 rings (SSSR count). The molecule has 0 bridgehead atoms. The van der Waals surface area contributed by atoms with E-state index in [9.17, 15) is 18.0 Å². The molecule has 0 spiro atoms. The number of ketones is 1. The molecule has 0 unspecified atom stereocenters. The monoisotopic (exact) mass is 181 g/mol. The Kier molecular flexibility index (Phi) is 3.79. The van der Waals surface area contributed by atoms with E-state index in [-0.39, 0.29) is 5.70 Å². The summed E-state index contributed by atoms with van der Waals surface area (Å²) in [7, 11) is 0. The summed E-state index contributed by atoms with van der Waals surface area (Å²) < 4.78 is 34.9. The molecule has 0 aromatic carbocycles. The molecule has 0 aliphatic heterocycles. The van der Waals surface area contributed by atoms with Crippen LogP contribution in [-0.4, -0.2) is 18.5 Å². The van der Waals surface area contributed by atoms with Gasteiger partial charge in [-0.1, -0.05) is 0 Å². The lowest BCUT2D eigenvalue weighted by Crippen LogP contribution is -2.22. The van der Waals surface area contributed by atoms with Crippen molar-refractivity contribution in [2.24, 2.45) is 0 Å². The van der Waals surface area contributed by atoms with E-state index in [4.69, 9.17) is 0 Å². The highest BCUT2D eigenvalue weighted by molar-refractivity contribution is 5.94. The predicted octanol–water partition coefficient (Wildman–Crippen LogP) is 1.63. The number of nitrogens with one attached hydrogen (secondary N) is 1. The van der Waals surface area contributed by atoms with E-state index in [1.165, 1.54) is 6.92 Å². The Balaban J connectivity index is 4.24. The van der Waals surface area contributed by atoms with E-state index in [0.29, 0.717) is 12.6 Å². The van der Waals surface area contributed by atoms with E-state index in [2.05, 4.69) is 5.32 Å². The van der Waals surface area contributed by atoms with Gasteiger partial charge in [-0.25, -0.2) is 0 Å². The molecule has 0 aromatic rings. The fraction of sp³-hybridized carbons (Fsp3) is 0.571. The van der Waals surface area contributed by atoms with E-state index in [0.717, 1.165) is 0 Å². The molecule has 0 amide bonds. The lowest BCUT2D eigenvalue weighted by atomic mass is 10.3. The maximum Gasteiger partial charge on any atom is 0.454 e. The van der Waals surface area contributed by atoms with Gasteiger partial charge < -0.3 is 5.32 Å². The molecular weight excluding hydrogens is 171 g/mol. The van der Waals surface area contributed by atoms with Crippen LogP contribution in [0.1, 0.15) is 13.8 Å². The highest BCUT2D eigenvalue weighted by Gasteiger charge is 2.36. The van der Waals surface area contributed by atoms with E-state index in [1.807, 2.05) is 0 Å². The molecule has 0 heterocycles. The molecule has 0 saturated heterocycles. The third-order valence-corrected chi connectivity index (χ3v) is 1.08. The molecule has 70 valence electrons. The fourth-order valence-corrected chi connectivity index (χ4v) is 0.608. The molecule has 12 heavy (non-hydrogen) atoms. The van der Waals surface area contributed by atoms with Crippen molar-refractivity contribution in [2.45, 2.75) is 20.0 Å². The summed E-state index contributed by atoms with van der Waals surface area (Å²) in [6, 6.07) is 0. The lowest BCUT2D eigenvalue weighted by Gasteiger charge is -2.03. The number of halogens is 3. The van der Waals surface area contributed by atoms with Crippen LogP contribution in [0.5, 0.6) is 0 Å².